The predicted octanol–water partition coefficient (Wildman–Crippen LogP) is 3.61. The number of benzene rings is 1. The Morgan fingerprint density at radius 1 is 1.22 bits per heavy atom. The third-order valence-electron chi connectivity index (χ3n) is 4.93. The van der Waals surface area contributed by atoms with Gasteiger partial charge in [-0.1, -0.05) is 49.6 Å². The van der Waals surface area contributed by atoms with Crippen LogP contribution < -0.4 is 0 Å². The van der Waals surface area contributed by atoms with Gasteiger partial charge in [0.05, 0.1) is 18.4 Å². The summed E-state index contributed by atoms with van der Waals surface area (Å²) in [6.45, 7) is 2.54. The van der Waals surface area contributed by atoms with Crippen molar-refractivity contribution in [3.05, 3.63) is 35.9 Å². The quantitative estimate of drug-likeness (QED) is 0.780. The number of hydrazone groups is 1. The van der Waals surface area contributed by atoms with Crippen molar-refractivity contribution in [3.8, 4) is 0 Å². The maximum absolute atomic E-state index is 11.9. The molecule has 0 radical (unpaired) electrons. The molecule has 0 saturated heterocycles. The molecule has 1 fully saturated rings. The lowest BCUT2D eigenvalue weighted by molar-refractivity contribution is -0.145. The van der Waals surface area contributed by atoms with Gasteiger partial charge in [0.2, 0.25) is 0 Å². The van der Waals surface area contributed by atoms with Crippen LogP contribution in [0.1, 0.15) is 51.0 Å². The van der Waals surface area contributed by atoms with Crippen molar-refractivity contribution in [1.82, 2.24) is 5.01 Å². The van der Waals surface area contributed by atoms with E-state index in [2.05, 4.69) is 12.1 Å². The second-order valence-electron chi connectivity index (χ2n) is 6.48. The molecule has 0 N–H and O–H groups in total. The van der Waals surface area contributed by atoms with Crippen molar-refractivity contribution in [2.75, 3.05) is 13.2 Å². The lowest BCUT2D eigenvalue weighted by Crippen LogP contribution is -2.38. The van der Waals surface area contributed by atoms with E-state index < -0.39 is 0 Å². The molecule has 1 unspecified atom stereocenters. The largest absolute Gasteiger partial charge is 0.465 e. The first kappa shape index (κ1) is 16.0. The molecule has 124 valence electrons. The Balaban J connectivity index is 1.76. The molecule has 1 saturated carbocycles. The van der Waals surface area contributed by atoms with Crippen LogP contribution in [0.3, 0.4) is 0 Å². The number of rotatable bonds is 5. The Labute approximate surface area is 138 Å². The molecule has 4 nitrogen and oxygen atoms in total. The fraction of sp³-hybridized carbons (Fsp3) is 0.579. The van der Waals surface area contributed by atoms with Crippen LogP contribution in [0.2, 0.25) is 0 Å². The summed E-state index contributed by atoms with van der Waals surface area (Å²) in [5.41, 5.74) is 2.27. The molecule has 0 aromatic heterocycles. The number of carbonyl (C=O) groups is 1. The average Bonchev–Trinajstić information content (AvgIpc) is 3.00. The average molecular weight is 314 g/mol. The van der Waals surface area contributed by atoms with E-state index in [0.29, 0.717) is 18.6 Å². The second kappa shape index (κ2) is 7.62. The fourth-order valence-corrected chi connectivity index (χ4v) is 3.80. The van der Waals surface area contributed by atoms with Gasteiger partial charge in [0.15, 0.2) is 0 Å². The molecule has 0 bridgehead atoms. The molecular formula is C19H26N2O2. The number of nitrogens with zero attached hydrogens (tertiary/aromatic N) is 2. The third kappa shape index (κ3) is 3.92. The van der Waals surface area contributed by atoms with Gasteiger partial charge in [-0.3, -0.25) is 9.80 Å². The molecule has 1 aromatic carbocycles. The van der Waals surface area contributed by atoms with E-state index in [1.54, 1.807) is 0 Å². The Morgan fingerprint density at radius 3 is 2.65 bits per heavy atom. The topological polar surface area (TPSA) is 41.9 Å². The number of hydrogen-bond donors (Lipinski definition) is 0. The molecule has 1 aliphatic carbocycles. The van der Waals surface area contributed by atoms with Gasteiger partial charge in [-0.25, -0.2) is 0 Å². The summed E-state index contributed by atoms with van der Waals surface area (Å²) in [5, 5.41) is 6.78. The standard InChI is InChI=1S/C19H26N2O2/c1-2-23-19(22)14-21-18(16-11-7-4-8-12-16)13-17(20-21)15-9-5-3-6-10-15/h3,5-6,9-10,16,18H,2,4,7-8,11-14H2,1H3. The van der Waals surface area contributed by atoms with E-state index in [1.165, 1.54) is 37.7 Å². The van der Waals surface area contributed by atoms with Crippen LogP contribution in [0.4, 0.5) is 0 Å². The maximum Gasteiger partial charge on any atom is 0.327 e. The molecule has 4 heteroatoms. The summed E-state index contributed by atoms with van der Waals surface area (Å²) in [6.07, 6.45) is 7.38. The van der Waals surface area contributed by atoms with Crippen LogP contribution in [0, 0.1) is 5.92 Å². The minimum absolute atomic E-state index is 0.175. The van der Waals surface area contributed by atoms with Gasteiger partial charge in [0, 0.05) is 6.42 Å². The minimum atomic E-state index is -0.175. The van der Waals surface area contributed by atoms with Crippen molar-refractivity contribution in [2.45, 2.75) is 51.5 Å². The van der Waals surface area contributed by atoms with Gasteiger partial charge >= 0.3 is 5.97 Å². The summed E-state index contributed by atoms with van der Waals surface area (Å²) in [6, 6.07) is 10.7. The molecule has 1 atom stereocenters. The summed E-state index contributed by atoms with van der Waals surface area (Å²) in [5.74, 6) is 0.467. The normalized spacial score (nSPS) is 22.0. The highest BCUT2D eigenvalue weighted by atomic mass is 16.5. The Hall–Kier alpha value is -1.84. The summed E-state index contributed by atoms with van der Waals surface area (Å²) < 4.78 is 5.13. The van der Waals surface area contributed by atoms with E-state index in [4.69, 9.17) is 9.84 Å². The Bertz CT molecular complexity index is 550. The van der Waals surface area contributed by atoms with Gasteiger partial charge in [-0.05, 0) is 31.2 Å². The van der Waals surface area contributed by atoms with Crippen LogP contribution in [0.15, 0.2) is 35.4 Å². The van der Waals surface area contributed by atoms with Crippen molar-refractivity contribution in [2.24, 2.45) is 11.0 Å². The van der Waals surface area contributed by atoms with Gasteiger partial charge < -0.3 is 4.74 Å². The summed E-state index contributed by atoms with van der Waals surface area (Å²) in [7, 11) is 0. The fourth-order valence-electron chi connectivity index (χ4n) is 3.80. The van der Waals surface area contributed by atoms with E-state index >= 15 is 0 Å². The predicted molar refractivity (Wildman–Crippen MR) is 91.3 cm³/mol. The van der Waals surface area contributed by atoms with Crippen LogP contribution in [0.5, 0.6) is 0 Å². The van der Waals surface area contributed by atoms with E-state index in [-0.39, 0.29) is 12.5 Å². The van der Waals surface area contributed by atoms with Gasteiger partial charge in [-0.2, -0.15) is 5.10 Å². The number of carbonyl (C=O) groups excluding carboxylic acids is 1. The smallest absolute Gasteiger partial charge is 0.327 e. The monoisotopic (exact) mass is 314 g/mol. The third-order valence-corrected chi connectivity index (χ3v) is 4.93. The highest BCUT2D eigenvalue weighted by Crippen LogP contribution is 2.34. The molecule has 1 aliphatic heterocycles. The molecule has 1 heterocycles. The van der Waals surface area contributed by atoms with Crippen molar-refractivity contribution in [3.63, 3.8) is 0 Å². The second-order valence-corrected chi connectivity index (χ2v) is 6.48. The maximum atomic E-state index is 11.9. The molecular weight excluding hydrogens is 288 g/mol. The first-order valence-electron chi connectivity index (χ1n) is 8.83. The van der Waals surface area contributed by atoms with Crippen molar-refractivity contribution >= 4 is 11.7 Å². The van der Waals surface area contributed by atoms with Crippen LogP contribution in [-0.4, -0.2) is 35.9 Å². The lowest BCUT2D eigenvalue weighted by atomic mass is 9.81. The molecule has 1 aromatic rings. The zero-order chi connectivity index (χ0) is 16.1. The van der Waals surface area contributed by atoms with Gasteiger partial charge in [-0.15, -0.1) is 0 Å². The summed E-state index contributed by atoms with van der Waals surface area (Å²) >= 11 is 0. The SMILES string of the molecule is CCOC(=O)CN1N=C(c2ccccc2)CC1C1CCCCC1. The minimum Gasteiger partial charge on any atom is -0.465 e. The first-order valence-corrected chi connectivity index (χ1v) is 8.83. The van der Waals surface area contributed by atoms with E-state index in [9.17, 15) is 4.79 Å². The molecule has 2 aliphatic rings. The van der Waals surface area contributed by atoms with E-state index in [0.717, 1.165) is 12.1 Å². The molecule has 3 rings (SSSR count). The zero-order valence-electron chi connectivity index (χ0n) is 13.9. The van der Waals surface area contributed by atoms with E-state index in [1.807, 2.05) is 30.1 Å². The molecule has 0 amide bonds. The first-order chi connectivity index (χ1) is 11.3. The van der Waals surface area contributed by atoms with Crippen LogP contribution in [-0.2, 0) is 9.53 Å². The number of esters is 1. The van der Waals surface area contributed by atoms with Gasteiger partial charge in [0.25, 0.3) is 0 Å². The molecule has 23 heavy (non-hydrogen) atoms. The highest BCUT2D eigenvalue weighted by Gasteiger charge is 2.35. The van der Waals surface area contributed by atoms with Crippen molar-refractivity contribution in [1.29, 1.82) is 0 Å². The Morgan fingerprint density at radius 2 is 1.96 bits per heavy atom. The molecule has 0 spiro atoms. The Kier molecular flexibility index (Phi) is 5.31. The summed E-state index contributed by atoms with van der Waals surface area (Å²) in [4.78, 5) is 11.9. The highest BCUT2D eigenvalue weighted by molar-refractivity contribution is 6.01. The zero-order valence-corrected chi connectivity index (χ0v) is 13.9. The number of ether oxygens (including phenoxy) is 1. The number of hydrogen-bond acceptors (Lipinski definition) is 4. The van der Waals surface area contributed by atoms with Gasteiger partial charge in [0.1, 0.15) is 6.54 Å². The van der Waals surface area contributed by atoms with Crippen LogP contribution >= 0.6 is 0 Å². The van der Waals surface area contributed by atoms with Crippen molar-refractivity contribution < 1.29 is 9.53 Å². The van der Waals surface area contributed by atoms with Crippen LogP contribution in [0.25, 0.3) is 0 Å². The lowest BCUT2D eigenvalue weighted by Gasteiger charge is -2.32.